The van der Waals surface area contributed by atoms with Crippen LogP contribution in [0.4, 0.5) is 0 Å². The van der Waals surface area contributed by atoms with E-state index in [9.17, 15) is 9.59 Å². The minimum Gasteiger partial charge on any atom is -0.368 e. The monoisotopic (exact) mass is 312 g/mol. The highest BCUT2D eigenvalue weighted by Gasteiger charge is 2.23. The van der Waals surface area contributed by atoms with Crippen molar-refractivity contribution in [2.24, 2.45) is 11.8 Å². The highest BCUT2D eigenvalue weighted by molar-refractivity contribution is 5.78. The molecule has 1 rings (SSSR count). The van der Waals surface area contributed by atoms with Gasteiger partial charge in [-0.15, -0.1) is 0 Å². The maximum atomic E-state index is 12.2. The van der Waals surface area contributed by atoms with Crippen LogP contribution in [0.2, 0.25) is 0 Å². The maximum Gasteiger partial charge on any atom is 0.248 e. The van der Waals surface area contributed by atoms with Gasteiger partial charge in [0.15, 0.2) is 0 Å². The van der Waals surface area contributed by atoms with Gasteiger partial charge >= 0.3 is 0 Å². The minimum absolute atomic E-state index is 0.0423. The highest BCUT2D eigenvalue weighted by atomic mass is 16.5. The molecule has 0 atom stereocenters. The van der Waals surface area contributed by atoms with Crippen molar-refractivity contribution in [3.05, 3.63) is 0 Å². The van der Waals surface area contributed by atoms with E-state index in [0.29, 0.717) is 38.0 Å². The number of piperazine rings is 1. The Morgan fingerprint density at radius 1 is 0.909 bits per heavy atom. The number of carbonyl (C=O) groups is 2. The Bertz CT molecular complexity index is 351. The van der Waals surface area contributed by atoms with Gasteiger partial charge in [0, 0.05) is 33.1 Å². The van der Waals surface area contributed by atoms with E-state index >= 15 is 0 Å². The first-order valence-corrected chi connectivity index (χ1v) is 8.44. The van der Waals surface area contributed by atoms with E-state index in [0.717, 1.165) is 12.8 Å². The van der Waals surface area contributed by atoms with E-state index in [2.05, 4.69) is 27.7 Å². The molecule has 1 aliphatic rings. The van der Waals surface area contributed by atoms with Crippen LogP contribution in [0.15, 0.2) is 0 Å². The number of amides is 2. The lowest BCUT2D eigenvalue weighted by Crippen LogP contribution is -2.51. The van der Waals surface area contributed by atoms with Crippen molar-refractivity contribution in [3.63, 3.8) is 0 Å². The molecule has 1 aliphatic heterocycles. The van der Waals surface area contributed by atoms with Crippen LogP contribution in [-0.2, 0) is 14.3 Å². The summed E-state index contributed by atoms with van der Waals surface area (Å²) in [7, 11) is 0. The smallest absolute Gasteiger partial charge is 0.248 e. The molecule has 1 fully saturated rings. The van der Waals surface area contributed by atoms with Crippen LogP contribution in [0.3, 0.4) is 0 Å². The third-order valence-corrected chi connectivity index (χ3v) is 3.99. The van der Waals surface area contributed by atoms with Crippen molar-refractivity contribution in [2.45, 2.75) is 53.6 Å². The lowest BCUT2D eigenvalue weighted by atomic mass is 9.98. The predicted octanol–water partition coefficient (Wildman–Crippen LogP) is 2.15. The summed E-state index contributed by atoms with van der Waals surface area (Å²) in [6.07, 6.45) is 2.13. The summed E-state index contributed by atoms with van der Waals surface area (Å²) >= 11 is 0. The zero-order valence-corrected chi connectivity index (χ0v) is 14.8. The Morgan fingerprint density at radius 3 is 1.77 bits per heavy atom. The van der Waals surface area contributed by atoms with Crippen LogP contribution < -0.4 is 0 Å². The molecule has 0 bridgehead atoms. The van der Waals surface area contributed by atoms with E-state index in [4.69, 9.17) is 4.74 Å². The van der Waals surface area contributed by atoms with Crippen molar-refractivity contribution in [1.82, 2.24) is 9.80 Å². The van der Waals surface area contributed by atoms with Gasteiger partial charge in [0.05, 0.1) is 6.10 Å². The molecular weight excluding hydrogens is 280 g/mol. The first-order chi connectivity index (χ1) is 10.3. The summed E-state index contributed by atoms with van der Waals surface area (Å²) < 4.78 is 5.88. The van der Waals surface area contributed by atoms with Crippen molar-refractivity contribution in [2.75, 3.05) is 32.8 Å². The summed E-state index contributed by atoms with van der Waals surface area (Å²) in [6, 6.07) is 0. The highest BCUT2D eigenvalue weighted by Crippen LogP contribution is 2.17. The SMILES string of the molecule is CC(=O)N1CCN(C(=O)COC(CC(C)C)CC(C)C)CC1. The van der Waals surface area contributed by atoms with Gasteiger partial charge in [-0.3, -0.25) is 9.59 Å². The van der Waals surface area contributed by atoms with Gasteiger partial charge in [0.25, 0.3) is 0 Å². The van der Waals surface area contributed by atoms with Gasteiger partial charge in [-0.05, 0) is 24.7 Å². The largest absolute Gasteiger partial charge is 0.368 e. The Balaban J connectivity index is 2.38. The fourth-order valence-corrected chi connectivity index (χ4v) is 2.84. The Morgan fingerprint density at radius 2 is 1.36 bits per heavy atom. The molecule has 0 aromatic rings. The average molecular weight is 312 g/mol. The van der Waals surface area contributed by atoms with Crippen molar-refractivity contribution >= 4 is 11.8 Å². The van der Waals surface area contributed by atoms with Gasteiger partial charge in [0.1, 0.15) is 6.61 Å². The standard InChI is InChI=1S/C17H32N2O3/c1-13(2)10-16(11-14(3)4)22-12-17(21)19-8-6-18(7-9-19)15(5)20/h13-14,16H,6-12H2,1-5H3. The average Bonchev–Trinajstić information content (AvgIpc) is 2.43. The lowest BCUT2D eigenvalue weighted by Gasteiger charge is -2.34. The normalized spacial score (nSPS) is 16.0. The van der Waals surface area contributed by atoms with Crippen LogP contribution in [0, 0.1) is 11.8 Å². The molecule has 1 saturated heterocycles. The number of hydrogen-bond donors (Lipinski definition) is 0. The van der Waals surface area contributed by atoms with Gasteiger partial charge in [-0.2, -0.15) is 0 Å². The molecular formula is C17H32N2O3. The number of nitrogens with zero attached hydrogens (tertiary/aromatic N) is 2. The van der Waals surface area contributed by atoms with E-state index in [1.165, 1.54) is 0 Å². The van der Waals surface area contributed by atoms with Crippen LogP contribution in [0.1, 0.15) is 47.5 Å². The predicted molar refractivity (Wildman–Crippen MR) is 87.5 cm³/mol. The van der Waals surface area contributed by atoms with Gasteiger partial charge in [-0.1, -0.05) is 27.7 Å². The number of ether oxygens (including phenoxy) is 1. The van der Waals surface area contributed by atoms with Crippen LogP contribution >= 0.6 is 0 Å². The van der Waals surface area contributed by atoms with Crippen molar-refractivity contribution in [3.8, 4) is 0 Å². The molecule has 0 aliphatic carbocycles. The molecule has 5 nitrogen and oxygen atoms in total. The molecule has 1 heterocycles. The zero-order valence-electron chi connectivity index (χ0n) is 14.8. The third kappa shape index (κ3) is 6.77. The molecule has 5 heteroatoms. The topological polar surface area (TPSA) is 49.9 Å². The quantitative estimate of drug-likeness (QED) is 0.724. The summed E-state index contributed by atoms with van der Waals surface area (Å²) in [5, 5.41) is 0. The number of carbonyl (C=O) groups excluding carboxylic acids is 2. The Kier molecular flexibility index (Phi) is 7.87. The zero-order chi connectivity index (χ0) is 16.7. The van der Waals surface area contributed by atoms with E-state index < -0.39 is 0 Å². The molecule has 0 aromatic heterocycles. The van der Waals surface area contributed by atoms with Crippen LogP contribution in [-0.4, -0.2) is 60.5 Å². The molecule has 128 valence electrons. The fourth-order valence-electron chi connectivity index (χ4n) is 2.84. The van der Waals surface area contributed by atoms with Gasteiger partial charge < -0.3 is 14.5 Å². The fraction of sp³-hybridized carbons (Fsp3) is 0.882. The summed E-state index contributed by atoms with van der Waals surface area (Å²) in [6.45, 7) is 12.9. The van der Waals surface area contributed by atoms with E-state index in [-0.39, 0.29) is 24.5 Å². The van der Waals surface area contributed by atoms with Crippen LogP contribution in [0.25, 0.3) is 0 Å². The van der Waals surface area contributed by atoms with Gasteiger partial charge in [0.2, 0.25) is 11.8 Å². The second kappa shape index (κ2) is 9.13. The second-order valence-corrected chi connectivity index (χ2v) is 7.08. The first-order valence-electron chi connectivity index (χ1n) is 8.44. The maximum absolute atomic E-state index is 12.2. The van der Waals surface area contributed by atoms with E-state index in [1.54, 1.807) is 16.7 Å². The Hall–Kier alpha value is -1.10. The van der Waals surface area contributed by atoms with Crippen molar-refractivity contribution < 1.29 is 14.3 Å². The Labute approximate surface area is 135 Å². The summed E-state index contributed by atoms with van der Waals surface area (Å²) in [5.74, 6) is 1.26. The molecule has 0 unspecified atom stereocenters. The molecule has 0 saturated carbocycles. The first kappa shape index (κ1) is 18.9. The van der Waals surface area contributed by atoms with E-state index in [1.807, 2.05) is 0 Å². The number of rotatable bonds is 7. The van der Waals surface area contributed by atoms with Crippen molar-refractivity contribution in [1.29, 1.82) is 0 Å². The van der Waals surface area contributed by atoms with Crippen LogP contribution in [0.5, 0.6) is 0 Å². The molecule has 0 N–H and O–H groups in total. The third-order valence-electron chi connectivity index (χ3n) is 3.99. The molecule has 0 radical (unpaired) electrons. The minimum atomic E-state index is 0.0423. The van der Waals surface area contributed by atoms with Gasteiger partial charge in [-0.25, -0.2) is 0 Å². The lowest BCUT2D eigenvalue weighted by molar-refractivity contribution is -0.143. The molecule has 22 heavy (non-hydrogen) atoms. The number of hydrogen-bond acceptors (Lipinski definition) is 3. The molecule has 0 aromatic carbocycles. The second-order valence-electron chi connectivity index (χ2n) is 7.08. The molecule has 0 spiro atoms. The summed E-state index contributed by atoms with van der Waals surface area (Å²) in [4.78, 5) is 27.1. The molecule has 2 amide bonds. The summed E-state index contributed by atoms with van der Waals surface area (Å²) in [5.41, 5.74) is 0.